The summed E-state index contributed by atoms with van der Waals surface area (Å²) in [6.07, 6.45) is -1.74. The average molecular weight is 436 g/mol. The maximum absolute atomic E-state index is 12.7. The molecule has 0 saturated heterocycles. The molecule has 6 nitrogen and oxygen atoms in total. The van der Waals surface area contributed by atoms with Crippen molar-refractivity contribution in [3.8, 4) is 11.1 Å². The minimum Gasteiger partial charge on any atom is -0.398 e. The first kappa shape index (κ1) is 20.7. The highest BCUT2D eigenvalue weighted by atomic mass is 35.5. The molecule has 0 radical (unpaired) electrons. The summed E-state index contributed by atoms with van der Waals surface area (Å²) in [5.41, 5.74) is 8.50. The van der Waals surface area contributed by atoms with E-state index in [9.17, 15) is 15.0 Å². The number of amides is 1. The third-order valence-corrected chi connectivity index (χ3v) is 5.90. The van der Waals surface area contributed by atoms with Crippen molar-refractivity contribution in [1.29, 1.82) is 0 Å². The second kappa shape index (κ2) is 8.95. The van der Waals surface area contributed by atoms with Crippen LogP contribution in [-0.4, -0.2) is 23.2 Å². The van der Waals surface area contributed by atoms with Crippen molar-refractivity contribution in [3.05, 3.63) is 64.0 Å². The molecule has 3 aromatic rings. The molecule has 146 valence electrons. The zero-order valence-electron chi connectivity index (χ0n) is 14.8. The van der Waals surface area contributed by atoms with E-state index in [-0.39, 0.29) is 11.5 Å². The molecule has 9 heteroatoms. The molecule has 6 N–H and O–H groups in total. The van der Waals surface area contributed by atoms with Crippen LogP contribution in [0.3, 0.4) is 0 Å². The Labute approximate surface area is 175 Å². The summed E-state index contributed by atoms with van der Waals surface area (Å²) < 4.78 is 2.92. The van der Waals surface area contributed by atoms with Gasteiger partial charge in [0, 0.05) is 37.7 Å². The van der Waals surface area contributed by atoms with Crippen molar-refractivity contribution in [3.63, 3.8) is 0 Å². The summed E-state index contributed by atoms with van der Waals surface area (Å²) in [6, 6.07) is 11.9. The molecule has 0 aliphatic carbocycles. The summed E-state index contributed by atoms with van der Waals surface area (Å²) in [6.45, 7) is 0. The normalized spacial score (nSPS) is 11.0. The van der Waals surface area contributed by atoms with E-state index in [2.05, 4.69) is 10.0 Å². The van der Waals surface area contributed by atoms with E-state index in [1.54, 1.807) is 54.9 Å². The van der Waals surface area contributed by atoms with Crippen molar-refractivity contribution in [1.82, 2.24) is 4.72 Å². The lowest BCUT2D eigenvalue weighted by molar-refractivity contribution is -0.0411. The van der Waals surface area contributed by atoms with E-state index in [0.717, 1.165) is 10.5 Å². The van der Waals surface area contributed by atoms with Crippen molar-refractivity contribution in [2.75, 3.05) is 18.1 Å². The Balaban J connectivity index is 1.91. The molecule has 3 rings (SSSR count). The van der Waals surface area contributed by atoms with Crippen LogP contribution in [0.25, 0.3) is 11.1 Å². The maximum Gasteiger partial charge on any atom is 0.256 e. The Kier molecular flexibility index (Phi) is 6.61. The van der Waals surface area contributed by atoms with Gasteiger partial charge in [0.15, 0.2) is 6.29 Å². The first-order chi connectivity index (χ1) is 13.4. The van der Waals surface area contributed by atoms with Crippen LogP contribution in [0.15, 0.2) is 52.7 Å². The number of anilines is 2. The largest absolute Gasteiger partial charge is 0.398 e. The summed E-state index contributed by atoms with van der Waals surface area (Å²) in [5.74, 6) is -0.371. The van der Waals surface area contributed by atoms with Crippen molar-refractivity contribution in [2.24, 2.45) is 0 Å². The summed E-state index contributed by atoms with van der Waals surface area (Å²) >= 11 is 8.45. The average Bonchev–Trinajstić information content (AvgIpc) is 3.08. The minimum atomic E-state index is -1.74. The molecule has 0 bridgehead atoms. The number of aliphatic hydroxyl groups is 2. The predicted octanol–water partition coefficient (Wildman–Crippen LogP) is 4.11. The van der Waals surface area contributed by atoms with Crippen LogP contribution in [0, 0.1) is 0 Å². The highest BCUT2D eigenvalue weighted by Crippen LogP contribution is 2.39. The molecule has 1 aromatic heterocycles. The zero-order valence-corrected chi connectivity index (χ0v) is 17.2. The second-order valence-corrected chi connectivity index (χ2v) is 8.15. The summed E-state index contributed by atoms with van der Waals surface area (Å²) in [7, 11) is 1.76. The molecule has 1 amide bonds. The summed E-state index contributed by atoms with van der Waals surface area (Å²) in [5, 5.41) is 25.2. The van der Waals surface area contributed by atoms with Crippen molar-refractivity contribution < 1.29 is 15.0 Å². The van der Waals surface area contributed by atoms with Gasteiger partial charge in [-0.3, -0.25) is 9.52 Å². The number of hydrogen-bond donors (Lipinski definition) is 5. The van der Waals surface area contributed by atoms with E-state index < -0.39 is 6.29 Å². The molecule has 0 saturated carbocycles. The molecular weight excluding hydrogens is 418 g/mol. The van der Waals surface area contributed by atoms with Gasteiger partial charge < -0.3 is 21.3 Å². The highest BCUT2D eigenvalue weighted by Gasteiger charge is 2.21. The number of halogens is 1. The first-order valence-electron chi connectivity index (χ1n) is 8.18. The van der Waals surface area contributed by atoms with Gasteiger partial charge in [-0.1, -0.05) is 23.7 Å². The molecule has 0 fully saturated rings. The van der Waals surface area contributed by atoms with Crippen LogP contribution in [0.2, 0.25) is 5.02 Å². The minimum absolute atomic E-state index is 0.237. The van der Waals surface area contributed by atoms with E-state index in [4.69, 9.17) is 17.3 Å². The molecule has 0 unspecified atom stereocenters. The maximum atomic E-state index is 12.7. The Morgan fingerprint density at radius 3 is 2.57 bits per heavy atom. The van der Waals surface area contributed by atoms with Gasteiger partial charge in [0.05, 0.1) is 0 Å². The number of nitrogen functional groups attached to an aromatic ring is 1. The number of nitrogens with two attached hydrogens (primary N) is 1. The standard InChI is InChI=1S/C19H18ClN3O3S2/c1-22-28-15-8-11(4-7-14(15)21)17(24)23-18-16(19(25)26)13(9-27-18)10-2-5-12(20)6-3-10/h2-9,19,22,25-26H,21H2,1H3,(H,23,24). The number of hydrogen-bond acceptors (Lipinski definition) is 7. The van der Waals surface area contributed by atoms with Gasteiger partial charge in [0.1, 0.15) is 5.00 Å². The Morgan fingerprint density at radius 2 is 1.93 bits per heavy atom. The van der Waals surface area contributed by atoms with Crippen LogP contribution in [0.4, 0.5) is 10.7 Å². The Bertz CT molecular complexity index is 991. The van der Waals surface area contributed by atoms with E-state index >= 15 is 0 Å². The van der Waals surface area contributed by atoms with Crippen LogP contribution in [0.1, 0.15) is 22.2 Å². The molecule has 2 aromatic carbocycles. The molecule has 0 aliphatic heterocycles. The lowest BCUT2D eigenvalue weighted by atomic mass is 10.0. The number of thiophene rings is 1. The number of aliphatic hydroxyl groups excluding tert-OH is 1. The predicted molar refractivity (Wildman–Crippen MR) is 116 cm³/mol. The van der Waals surface area contributed by atoms with E-state index in [1.165, 1.54) is 23.3 Å². The fraction of sp³-hybridized carbons (Fsp3) is 0.105. The van der Waals surface area contributed by atoms with Gasteiger partial charge in [-0.15, -0.1) is 11.3 Å². The van der Waals surface area contributed by atoms with Gasteiger partial charge >= 0.3 is 0 Å². The summed E-state index contributed by atoms with van der Waals surface area (Å²) in [4.78, 5) is 13.4. The third-order valence-electron chi connectivity index (χ3n) is 3.96. The number of rotatable bonds is 6. The van der Waals surface area contributed by atoms with Gasteiger partial charge in [-0.05, 0) is 54.9 Å². The van der Waals surface area contributed by atoms with Crippen LogP contribution >= 0.6 is 34.9 Å². The molecule has 0 spiro atoms. The third kappa shape index (κ3) is 4.49. The Morgan fingerprint density at radius 1 is 1.21 bits per heavy atom. The second-order valence-electron chi connectivity index (χ2n) is 5.79. The van der Waals surface area contributed by atoms with E-state index in [0.29, 0.717) is 26.8 Å². The lowest BCUT2D eigenvalue weighted by Crippen LogP contribution is -2.13. The number of nitrogens with one attached hydrogen (secondary N) is 2. The molecule has 1 heterocycles. The SMILES string of the molecule is CNSc1cc(C(=O)Nc2scc(-c3ccc(Cl)cc3)c2C(O)O)ccc1N. The monoisotopic (exact) mass is 435 g/mol. The van der Waals surface area contributed by atoms with Crippen LogP contribution < -0.4 is 15.8 Å². The van der Waals surface area contributed by atoms with Gasteiger partial charge in [-0.25, -0.2) is 0 Å². The zero-order chi connectivity index (χ0) is 20.3. The molecule has 0 aliphatic rings. The van der Waals surface area contributed by atoms with Crippen molar-refractivity contribution in [2.45, 2.75) is 11.2 Å². The number of carbonyl (C=O) groups excluding carboxylic acids is 1. The lowest BCUT2D eigenvalue weighted by Gasteiger charge is -2.12. The van der Waals surface area contributed by atoms with Gasteiger partial charge in [0.25, 0.3) is 5.91 Å². The smallest absolute Gasteiger partial charge is 0.256 e. The van der Waals surface area contributed by atoms with Crippen molar-refractivity contribution >= 4 is 51.5 Å². The molecular formula is C19H18ClN3O3S2. The van der Waals surface area contributed by atoms with Gasteiger partial charge in [-0.2, -0.15) is 0 Å². The van der Waals surface area contributed by atoms with Crippen LogP contribution in [-0.2, 0) is 0 Å². The first-order valence-corrected chi connectivity index (χ1v) is 10.3. The van der Waals surface area contributed by atoms with E-state index in [1.807, 2.05) is 0 Å². The van der Waals surface area contributed by atoms with Crippen LogP contribution in [0.5, 0.6) is 0 Å². The number of carbonyl (C=O) groups is 1. The fourth-order valence-corrected chi connectivity index (χ4v) is 4.33. The highest BCUT2D eigenvalue weighted by molar-refractivity contribution is 7.97. The topological polar surface area (TPSA) is 108 Å². The molecule has 28 heavy (non-hydrogen) atoms. The quantitative estimate of drug-likeness (QED) is 0.226. The number of benzene rings is 2. The van der Waals surface area contributed by atoms with Gasteiger partial charge in [0.2, 0.25) is 0 Å². The molecule has 0 atom stereocenters. The fourth-order valence-electron chi connectivity index (χ4n) is 2.62. The Hall–Kier alpha value is -2.07.